The summed E-state index contributed by atoms with van der Waals surface area (Å²) in [5.41, 5.74) is 13.9. The lowest BCUT2D eigenvalue weighted by atomic mass is 9.33. The lowest BCUT2D eigenvalue weighted by molar-refractivity contribution is 0.411. The summed E-state index contributed by atoms with van der Waals surface area (Å²) in [6.07, 6.45) is -6.10. The van der Waals surface area contributed by atoms with E-state index in [2.05, 4.69) is 99.9 Å². The van der Waals surface area contributed by atoms with Gasteiger partial charge in [-0.3, -0.25) is 0 Å². The first kappa shape index (κ1) is 53.8. The first-order chi connectivity index (χ1) is 56.3. The van der Waals surface area contributed by atoms with Crippen LogP contribution in [0.2, 0.25) is 0 Å². The number of para-hydroxylation sites is 2. The van der Waals surface area contributed by atoms with E-state index in [-0.39, 0.29) is 58.1 Å². The monoisotopic (exact) mass is 1390 g/mol. The van der Waals surface area contributed by atoms with Gasteiger partial charge < -0.3 is 18.9 Å². The Morgan fingerprint density at radius 1 is 0.311 bits per heavy atom. The van der Waals surface area contributed by atoms with Crippen LogP contribution in [0.5, 0.6) is 0 Å². The third kappa shape index (κ3) is 12.2. The standard InChI is InChI=1S/C101H97BN4/c1-97(2,3)62-65-52-94-96-95(53-65)106(91-61-79(67-34-22-17-23-35-67)71(64-99(7,8)9)55-81(91)69-38-26-19-27-39-69)93-59-75(104-87-43-31-29-41-77(87)83-57-73(101(13,14)15)45-51-89(83)104)47-49-85(93)102(96)84-48-46-74(103-86-42-30-28-40-76(86)82-56-72(100(10,11)12)44-50-88(82)103)58-92(84)105(94)90-60-78(66-32-20-16-21-33-66)70(63-98(4,5)6)54-80(90)68-36-24-18-25-37-68/h16-61H,62-64H2,1-15H3/i28D,29D,30D,31D,40D,41D,42D,43D,62D2,63D2,64D2. The second-order valence-corrected chi connectivity index (χ2v) is 34.0. The topological polar surface area (TPSA) is 16.3 Å². The summed E-state index contributed by atoms with van der Waals surface area (Å²) in [6.45, 7) is 29.2. The summed E-state index contributed by atoms with van der Waals surface area (Å²) < 4.78 is 144. The predicted octanol–water partition coefficient (Wildman–Crippen LogP) is 26.0. The quantitative estimate of drug-likeness (QED) is 0.120. The molecule has 0 radical (unpaired) electrons. The summed E-state index contributed by atoms with van der Waals surface area (Å²) in [4.78, 5) is 4.46. The van der Waals surface area contributed by atoms with Gasteiger partial charge in [-0.25, -0.2) is 0 Å². The minimum Gasteiger partial charge on any atom is -0.311 e. The molecule has 5 heteroatoms. The van der Waals surface area contributed by atoms with Crippen LogP contribution in [0.15, 0.2) is 279 Å². The fourth-order valence-corrected chi connectivity index (χ4v) is 16.2. The van der Waals surface area contributed by atoms with E-state index in [9.17, 15) is 19.2 Å². The van der Waals surface area contributed by atoms with Crippen molar-refractivity contribution in [2.75, 3.05) is 9.80 Å². The SMILES string of the molecule is [2H]c1c([2H])c([2H])c2c(c1[2H])c1cc(C(C)(C)C)ccc1n2-c1ccc2c(c1)N(c1cc(-c3ccccc3)c(C([2H])([2H])C(C)(C)C)cc1-c1ccccc1)c1cc(C([2H])([2H])C(C)(C)C)cc3c1B2c1ccc(-n2c4ccc(C(C)(C)C)cc4c4c([2H])c([2H])c([2H])c([2H])c42)cc1N3c1cc(-c2ccccc2)c(C([2H])([2H])C(C)(C)C)cc1-c1ccccc1. The maximum Gasteiger partial charge on any atom is 0.252 e. The van der Waals surface area contributed by atoms with Gasteiger partial charge in [-0.1, -0.05) is 286 Å². The molecular weight excluding hydrogens is 1280 g/mol. The number of anilines is 6. The van der Waals surface area contributed by atoms with Gasteiger partial charge in [-0.15, -0.1) is 0 Å². The Bertz CT molecular complexity index is 6370. The molecule has 13 aromatic carbocycles. The lowest BCUT2D eigenvalue weighted by Crippen LogP contribution is -2.61. The van der Waals surface area contributed by atoms with E-state index in [1.807, 2.05) is 253 Å². The fourth-order valence-electron chi connectivity index (χ4n) is 16.2. The van der Waals surface area contributed by atoms with Crippen molar-refractivity contribution >= 4 is 101 Å². The molecule has 0 amide bonds. The zero-order valence-electron chi connectivity index (χ0n) is 77.3. The van der Waals surface area contributed by atoms with Gasteiger partial charge in [-0.2, -0.15) is 0 Å². The van der Waals surface area contributed by atoms with Crippen LogP contribution in [-0.4, -0.2) is 15.8 Å². The smallest absolute Gasteiger partial charge is 0.252 e. The van der Waals surface area contributed by atoms with Crippen LogP contribution in [0.3, 0.4) is 0 Å². The van der Waals surface area contributed by atoms with Crippen LogP contribution in [0.4, 0.5) is 34.1 Å². The molecule has 0 bridgehead atoms. The molecule has 0 fully saturated rings. The minimum absolute atomic E-state index is 0.175. The summed E-state index contributed by atoms with van der Waals surface area (Å²) in [5.74, 6) is 0. The molecule has 4 heterocycles. The number of nitrogens with zero attached hydrogens (tertiary/aromatic N) is 4. The lowest BCUT2D eigenvalue weighted by Gasteiger charge is -2.46. The van der Waals surface area contributed by atoms with Crippen LogP contribution in [0.25, 0.3) is 99.5 Å². The van der Waals surface area contributed by atoms with E-state index in [1.165, 1.54) is 0 Å². The predicted molar refractivity (Wildman–Crippen MR) is 458 cm³/mol. The van der Waals surface area contributed by atoms with E-state index in [0.29, 0.717) is 117 Å². The van der Waals surface area contributed by atoms with E-state index in [0.717, 1.165) is 49.8 Å². The Balaban J connectivity index is 1.10. The second kappa shape index (κ2) is 25.4. The molecule has 4 nitrogen and oxygen atoms in total. The third-order valence-electron chi connectivity index (χ3n) is 20.7. The molecule has 2 aromatic heterocycles. The van der Waals surface area contributed by atoms with Crippen LogP contribution < -0.4 is 26.2 Å². The fraction of sp³-hybridized carbons (Fsp3) is 0.228. The maximum absolute atomic E-state index is 10.9. The second-order valence-electron chi connectivity index (χ2n) is 34.0. The highest BCUT2D eigenvalue weighted by atomic mass is 15.2. The largest absolute Gasteiger partial charge is 0.311 e. The van der Waals surface area contributed by atoms with Gasteiger partial charge in [0.25, 0.3) is 6.71 Å². The van der Waals surface area contributed by atoms with Gasteiger partial charge in [0.05, 0.1) is 44.4 Å². The number of aromatic nitrogens is 2. The van der Waals surface area contributed by atoms with Crippen molar-refractivity contribution in [1.82, 2.24) is 9.13 Å². The van der Waals surface area contributed by atoms with Gasteiger partial charge in [-0.05, 0) is 221 Å². The number of fused-ring (bicyclic) bond motifs is 10. The number of rotatable bonds is 11. The molecule has 0 atom stereocenters. The van der Waals surface area contributed by atoms with Crippen LogP contribution in [0, 0.1) is 16.2 Å². The van der Waals surface area contributed by atoms with Crippen molar-refractivity contribution in [3.8, 4) is 55.9 Å². The molecule has 0 aliphatic carbocycles. The average Bonchev–Trinajstić information content (AvgIpc) is 0.702. The van der Waals surface area contributed by atoms with Gasteiger partial charge >= 0.3 is 0 Å². The molecule has 15 aromatic rings. The Labute approximate surface area is 648 Å². The summed E-state index contributed by atoms with van der Waals surface area (Å²) >= 11 is 0. The van der Waals surface area contributed by atoms with Gasteiger partial charge in [0, 0.05) is 75.0 Å². The first-order valence-electron chi connectivity index (χ1n) is 44.1. The zero-order valence-corrected chi connectivity index (χ0v) is 63.3. The normalized spacial score (nSPS) is 15.6. The molecular formula is C101H97BN4. The molecule has 0 saturated heterocycles. The number of hydrogen-bond acceptors (Lipinski definition) is 2. The maximum atomic E-state index is 10.9. The van der Waals surface area contributed by atoms with Crippen molar-refractivity contribution < 1.29 is 19.2 Å². The Morgan fingerprint density at radius 2 is 0.670 bits per heavy atom. The summed E-state index contributed by atoms with van der Waals surface area (Å²) in [7, 11) is 0. The van der Waals surface area contributed by atoms with E-state index in [1.54, 1.807) is 0 Å². The third-order valence-corrected chi connectivity index (χ3v) is 20.7. The van der Waals surface area contributed by atoms with Gasteiger partial charge in [0.1, 0.15) is 0 Å². The van der Waals surface area contributed by atoms with Crippen LogP contribution in [0.1, 0.15) is 151 Å². The van der Waals surface area contributed by atoms with Crippen molar-refractivity contribution in [3.05, 3.63) is 307 Å². The van der Waals surface area contributed by atoms with Gasteiger partial charge in [0.2, 0.25) is 0 Å². The Morgan fingerprint density at radius 3 is 1.03 bits per heavy atom. The molecule has 2 aliphatic rings. The molecule has 0 N–H and O–H groups in total. The van der Waals surface area contributed by atoms with Gasteiger partial charge in [0.15, 0.2) is 0 Å². The zero-order chi connectivity index (χ0) is 85.9. The summed E-state index contributed by atoms with van der Waals surface area (Å²) in [6, 6.07) is 74.3. The summed E-state index contributed by atoms with van der Waals surface area (Å²) in [5, 5.41) is 2.01. The highest BCUT2D eigenvalue weighted by molar-refractivity contribution is 7.00. The van der Waals surface area contributed by atoms with Crippen LogP contribution >= 0.6 is 0 Å². The highest BCUT2D eigenvalue weighted by Gasteiger charge is 2.46. The van der Waals surface area contributed by atoms with Crippen molar-refractivity contribution in [3.63, 3.8) is 0 Å². The van der Waals surface area contributed by atoms with Crippen molar-refractivity contribution in [1.29, 1.82) is 0 Å². The van der Waals surface area contributed by atoms with E-state index < -0.39 is 54.2 Å². The molecule has 524 valence electrons. The Kier molecular flexibility index (Phi) is 12.9. The molecule has 0 spiro atoms. The average molecular weight is 1390 g/mol. The molecule has 0 saturated carbocycles. The van der Waals surface area contributed by atoms with Crippen molar-refractivity contribution in [2.24, 2.45) is 16.2 Å². The number of hydrogen-bond donors (Lipinski definition) is 0. The van der Waals surface area contributed by atoms with Crippen molar-refractivity contribution in [2.45, 2.75) is 134 Å². The Hall–Kier alpha value is -10.9. The highest BCUT2D eigenvalue weighted by Crippen LogP contribution is 2.53. The molecule has 2 aliphatic heterocycles. The first-order valence-corrected chi connectivity index (χ1v) is 37.1. The van der Waals surface area contributed by atoms with E-state index >= 15 is 0 Å². The molecule has 106 heavy (non-hydrogen) atoms. The minimum atomic E-state index is -2.15. The number of benzene rings is 13. The van der Waals surface area contributed by atoms with Crippen LogP contribution in [-0.2, 0) is 29.9 Å². The molecule has 0 unspecified atom stereocenters. The van der Waals surface area contributed by atoms with E-state index in [4.69, 9.17) is 0 Å². The molecule has 17 rings (SSSR count).